The molecule has 1 N–H and O–H groups in total. The van der Waals surface area contributed by atoms with Crippen LogP contribution in [0.4, 0.5) is 4.79 Å². The third-order valence-corrected chi connectivity index (χ3v) is 6.25. The smallest absolute Gasteiger partial charge is 0.410 e. The summed E-state index contributed by atoms with van der Waals surface area (Å²) >= 11 is 0. The van der Waals surface area contributed by atoms with E-state index in [0.717, 1.165) is 10.9 Å². The van der Waals surface area contributed by atoms with Gasteiger partial charge in [0.05, 0.1) is 28.0 Å². The Morgan fingerprint density at radius 2 is 2.06 bits per heavy atom. The van der Waals surface area contributed by atoms with Crippen LogP contribution >= 0.6 is 0 Å². The average molecular weight is 477 g/mol. The number of benzene rings is 1. The van der Waals surface area contributed by atoms with Gasteiger partial charge in [-0.05, 0) is 46.2 Å². The van der Waals surface area contributed by atoms with Gasteiger partial charge in [-0.15, -0.1) is 0 Å². The molecule has 0 aliphatic carbocycles. The highest BCUT2D eigenvalue weighted by Crippen LogP contribution is 2.35. The van der Waals surface area contributed by atoms with Crippen molar-refractivity contribution in [3.63, 3.8) is 0 Å². The second kappa shape index (κ2) is 8.07. The Hall–Kier alpha value is -3.95. The molecule has 1 aliphatic heterocycles. The molecule has 1 amide bonds. The van der Waals surface area contributed by atoms with Crippen LogP contribution in [-0.2, 0) is 11.8 Å². The van der Waals surface area contributed by atoms with E-state index in [4.69, 9.17) is 4.74 Å². The largest absolute Gasteiger partial charge is 0.507 e. The minimum absolute atomic E-state index is 0.0667. The number of hydrogen-bond donors (Lipinski definition) is 1. The van der Waals surface area contributed by atoms with E-state index in [9.17, 15) is 14.7 Å². The van der Waals surface area contributed by atoms with Gasteiger partial charge in [-0.1, -0.05) is 0 Å². The molecule has 1 saturated heterocycles. The van der Waals surface area contributed by atoms with Crippen LogP contribution in [0, 0.1) is 6.92 Å². The summed E-state index contributed by atoms with van der Waals surface area (Å²) < 4.78 is 8.79. The number of phenolic OH excluding ortho intramolecular Hbond substituents is 1. The van der Waals surface area contributed by atoms with Crippen LogP contribution in [0.1, 0.15) is 38.8 Å². The van der Waals surface area contributed by atoms with Crippen molar-refractivity contribution in [3.05, 3.63) is 46.6 Å². The van der Waals surface area contributed by atoms with Gasteiger partial charge >= 0.3 is 6.09 Å². The number of ether oxygens (including phenoxy) is 1. The Morgan fingerprint density at radius 1 is 1.29 bits per heavy atom. The first-order valence-electron chi connectivity index (χ1n) is 11.5. The Labute approximate surface area is 201 Å². The van der Waals surface area contributed by atoms with Crippen LogP contribution in [0.2, 0.25) is 0 Å². The molecule has 1 aromatic carbocycles. The number of aryl methyl sites for hydroxylation is 2. The number of carbonyl (C=O) groups is 1. The minimum Gasteiger partial charge on any atom is -0.507 e. The summed E-state index contributed by atoms with van der Waals surface area (Å²) in [5.41, 5.74) is 1.55. The number of carbonyl (C=O) groups excluding carboxylic acids is 1. The van der Waals surface area contributed by atoms with Gasteiger partial charge in [-0.25, -0.2) is 14.8 Å². The summed E-state index contributed by atoms with van der Waals surface area (Å²) in [6, 6.07) is 3.42. The summed E-state index contributed by atoms with van der Waals surface area (Å²) in [5, 5.41) is 16.4. The molecule has 10 heteroatoms. The molecule has 0 saturated carbocycles. The molecule has 5 rings (SSSR count). The van der Waals surface area contributed by atoms with Crippen LogP contribution in [0.3, 0.4) is 0 Å². The Morgan fingerprint density at radius 3 is 2.80 bits per heavy atom. The lowest BCUT2D eigenvalue weighted by Crippen LogP contribution is -2.36. The first-order valence-corrected chi connectivity index (χ1v) is 11.5. The lowest BCUT2D eigenvalue weighted by molar-refractivity contribution is 0.0289. The van der Waals surface area contributed by atoms with Crippen LogP contribution in [0.5, 0.6) is 5.75 Å². The van der Waals surface area contributed by atoms with E-state index in [1.165, 1.54) is 6.20 Å². The Balaban J connectivity index is 1.46. The molecule has 1 fully saturated rings. The lowest BCUT2D eigenvalue weighted by atomic mass is 10.1. The molecule has 1 atom stereocenters. The zero-order chi connectivity index (χ0) is 25.1. The molecule has 4 heterocycles. The number of pyridine rings is 1. The van der Waals surface area contributed by atoms with Crippen molar-refractivity contribution >= 4 is 27.9 Å². The van der Waals surface area contributed by atoms with Gasteiger partial charge in [0.15, 0.2) is 5.82 Å². The Kier molecular flexibility index (Phi) is 5.26. The number of aromatic hydroxyl groups is 1. The predicted octanol–water partition coefficient (Wildman–Crippen LogP) is 3.54. The fourth-order valence-electron chi connectivity index (χ4n) is 4.54. The van der Waals surface area contributed by atoms with Crippen molar-refractivity contribution < 1.29 is 14.6 Å². The molecule has 0 radical (unpaired) electrons. The third kappa shape index (κ3) is 4.09. The monoisotopic (exact) mass is 476 g/mol. The van der Waals surface area contributed by atoms with Crippen molar-refractivity contribution in [1.29, 1.82) is 0 Å². The van der Waals surface area contributed by atoms with E-state index in [-0.39, 0.29) is 23.4 Å². The molecule has 0 spiro atoms. The molecule has 182 valence electrons. The summed E-state index contributed by atoms with van der Waals surface area (Å²) in [7, 11) is 1.82. The zero-order valence-electron chi connectivity index (χ0n) is 20.4. The Bertz CT molecular complexity index is 1530. The van der Waals surface area contributed by atoms with Gasteiger partial charge in [0.25, 0.3) is 5.56 Å². The summed E-state index contributed by atoms with van der Waals surface area (Å²) in [5.74, 6) is 0.398. The van der Waals surface area contributed by atoms with Crippen molar-refractivity contribution in [2.45, 2.75) is 45.8 Å². The average Bonchev–Trinajstić information content (AvgIpc) is 3.42. The number of fused-ring (bicyclic) bond motifs is 2. The fourth-order valence-corrected chi connectivity index (χ4v) is 4.54. The van der Waals surface area contributed by atoms with E-state index < -0.39 is 5.60 Å². The maximum absolute atomic E-state index is 13.3. The number of nitrogens with zero attached hydrogens (tertiary/aromatic N) is 6. The maximum atomic E-state index is 13.3. The highest BCUT2D eigenvalue weighted by atomic mass is 16.6. The molecular weight excluding hydrogens is 448 g/mol. The van der Waals surface area contributed by atoms with Gasteiger partial charge in [-0.2, -0.15) is 5.10 Å². The highest BCUT2D eigenvalue weighted by molar-refractivity contribution is 5.90. The molecule has 1 aliphatic rings. The number of aromatic nitrogens is 5. The third-order valence-electron chi connectivity index (χ3n) is 6.25. The number of likely N-dealkylation sites (tertiary alicyclic amines) is 1. The number of phenols is 1. The van der Waals surface area contributed by atoms with E-state index >= 15 is 0 Å². The van der Waals surface area contributed by atoms with Gasteiger partial charge in [0, 0.05) is 49.7 Å². The predicted molar refractivity (Wildman–Crippen MR) is 131 cm³/mol. The molecular formula is C25H28N6O4. The fraction of sp³-hybridized carbons (Fsp3) is 0.400. The molecule has 10 nitrogen and oxygen atoms in total. The number of hydrogen-bond acceptors (Lipinski definition) is 7. The maximum Gasteiger partial charge on any atom is 0.410 e. The standard InChI is InChI=1S/C25H28N6O4/c1-14-20-15(12-29(5)28-20)10-17(21(14)32)22-26-11-18-19(27-22)7-9-31(23(18)33)16-6-8-30(13-16)24(34)35-25(2,3)4/h7,9-12,16,32H,6,8,13H2,1-5H3. The molecule has 4 aromatic rings. The SMILES string of the molecule is Cc1c(O)c(-c2ncc3c(=O)n(C4CCN(C(=O)OC(C)(C)C)C4)ccc3n2)cc2cn(C)nc12. The number of amides is 1. The van der Waals surface area contributed by atoms with Gasteiger partial charge < -0.3 is 19.3 Å². The van der Waals surface area contributed by atoms with Crippen LogP contribution < -0.4 is 5.56 Å². The van der Waals surface area contributed by atoms with Crippen molar-refractivity contribution in [2.24, 2.45) is 7.05 Å². The van der Waals surface area contributed by atoms with Crippen molar-refractivity contribution in [1.82, 2.24) is 29.2 Å². The van der Waals surface area contributed by atoms with E-state index in [0.29, 0.717) is 47.4 Å². The molecule has 3 aromatic heterocycles. The molecule has 1 unspecified atom stereocenters. The molecule has 0 bridgehead atoms. The first kappa shape index (κ1) is 22.8. The van der Waals surface area contributed by atoms with Crippen LogP contribution in [0.25, 0.3) is 33.2 Å². The van der Waals surface area contributed by atoms with Gasteiger partial charge in [0.2, 0.25) is 0 Å². The van der Waals surface area contributed by atoms with E-state index in [1.54, 1.807) is 39.4 Å². The first-order chi connectivity index (χ1) is 16.5. The number of rotatable bonds is 2. The van der Waals surface area contributed by atoms with Gasteiger partial charge in [0.1, 0.15) is 11.4 Å². The van der Waals surface area contributed by atoms with E-state index in [2.05, 4.69) is 15.1 Å². The zero-order valence-corrected chi connectivity index (χ0v) is 20.4. The second-order valence-electron chi connectivity index (χ2n) is 10.0. The van der Waals surface area contributed by atoms with Crippen molar-refractivity contribution in [2.75, 3.05) is 13.1 Å². The summed E-state index contributed by atoms with van der Waals surface area (Å²) in [6.07, 6.45) is 5.36. The normalized spacial score (nSPS) is 16.4. The molecule has 35 heavy (non-hydrogen) atoms. The highest BCUT2D eigenvalue weighted by Gasteiger charge is 2.31. The van der Waals surface area contributed by atoms with Crippen LogP contribution in [0.15, 0.2) is 35.5 Å². The summed E-state index contributed by atoms with van der Waals surface area (Å²) in [4.78, 5) is 36.3. The van der Waals surface area contributed by atoms with Gasteiger partial charge in [-0.3, -0.25) is 9.48 Å². The second-order valence-corrected chi connectivity index (χ2v) is 10.0. The minimum atomic E-state index is -0.571. The topological polar surface area (TPSA) is 115 Å². The van der Waals surface area contributed by atoms with Crippen molar-refractivity contribution in [3.8, 4) is 17.1 Å². The lowest BCUT2D eigenvalue weighted by Gasteiger charge is -2.24. The quantitative estimate of drug-likeness (QED) is 0.470. The van der Waals surface area contributed by atoms with E-state index in [1.807, 2.05) is 34.0 Å². The summed E-state index contributed by atoms with van der Waals surface area (Å²) in [6.45, 7) is 8.21. The van der Waals surface area contributed by atoms with Crippen LogP contribution in [-0.4, -0.2) is 59.1 Å².